The van der Waals surface area contributed by atoms with Gasteiger partial charge in [-0.15, -0.1) is 11.8 Å². The number of carbonyl (C=O) groups excluding carboxylic acids is 2. The fourth-order valence-electron chi connectivity index (χ4n) is 3.98. The van der Waals surface area contributed by atoms with Crippen LogP contribution in [0.25, 0.3) is 0 Å². The van der Waals surface area contributed by atoms with Gasteiger partial charge in [-0.3, -0.25) is 0 Å². The van der Waals surface area contributed by atoms with Crippen LogP contribution in [0.1, 0.15) is 47.0 Å². The SMILES string of the molecule is C=CC(=O)OCCNC(=O)OC(COc1ccc(C(C(C)C)C(C)CC)cc1)CSc1ccccc1.[HH]. The van der Waals surface area contributed by atoms with E-state index in [1.807, 2.05) is 42.5 Å². The summed E-state index contributed by atoms with van der Waals surface area (Å²) in [7, 11) is 0. The predicted molar refractivity (Wildman–Crippen MR) is 148 cm³/mol. The number of hydrogen-bond acceptors (Lipinski definition) is 6. The van der Waals surface area contributed by atoms with Gasteiger partial charge in [0.05, 0.1) is 6.54 Å². The molecule has 0 saturated heterocycles. The molecule has 0 fully saturated rings. The summed E-state index contributed by atoms with van der Waals surface area (Å²) in [4.78, 5) is 24.5. The molecule has 6 nitrogen and oxygen atoms in total. The van der Waals surface area contributed by atoms with Crippen molar-refractivity contribution in [3.05, 3.63) is 72.8 Å². The van der Waals surface area contributed by atoms with Gasteiger partial charge in [0.1, 0.15) is 25.1 Å². The molecule has 2 aromatic rings. The highest BCUT2D eigenvalue weighted by molar-refractivity contribution is 7.99. The van der Waals surface area contributed by atoms with Crippen LogP contribution in [-0.4, -0.2) is 43.7 Å². The lowest BCUT2D eigenvalue weighted by molar-refractivity contribution is -0.137. The van der Waals surface area contributed by atoms with Gasteiger partial charge in [0.25, 0.3) is 0 Å². The van der Waals surface area contributed by atoms with E-state index in [0.29, 0.717) is 23.5 Å². The van der Waals surface area contributed by atoms with Gasteiger partial charge in [0.15, 0.2) is 0 Å². The molecule has 0 aliphatic rings. The van der Waals surface area contributed by atoms with Gasteiger partial charge < -0.3 is 19.5 Å². The average Bonchev–Trinajstić information content (AvgIpc) is 2.89. The summed E-state index contributed by atoms with van der Waals surface area (Å²) in [5.74, 6) is 2.38. The number of thioether (sulfide) groups is 1. The lowest BCUT2D eigenvalue weighted by atomic mass is 9.78. The number of nitrogens with one attached hydrogen (secondary N) is 1. The highest BCUT2D eigenvalue weighted by atomic mass is 32.2. The molecule has 2 aromatic carbocycles. The predicted octanol–water partition coefficient (Wildman–Crippen LogP) is 6.71. The zero-order valence-electron chi connectivity index (χ0n) is 21.8. The molecular weight excluding hydrogens is 474 g/mol. The molecule has 3 atom stereocenters. The first-order valence-electron chi connectivity index (χ1n) is 12.5. The summed E-state index contributed by atoms with van der Waals surface area (Å²) in [5.41, 5.74) is 1.32. The molecule has 1 amide bonds. The Morgan fingerprint density at radius 3 is 2.39 bits per heavy atom. The molecule has 0 saturated carbocycles. The highest BCUT2D eigenvalue weighted by Crippen LogP contribution is 2.34. The fraction of sp³-hybridized carbons (Fsp3) is 0.448. The zero-order valence-corrected chi connectivity index (χ0v) is 22.6. The third kappa shape index (κ3) is 10.4. The first-order valence-corrected chi connectivity index (χ1v) is 13.5. The first kappa shape index (κ1) is 29.3. The van der Waals surface area contributed by atoms with Crippen molar-refractivity contribution in [2.75, 3.05) is 25.5 Å². The van der Waals surface area contributed by atoms with Gasteiger partial charge in [-0.05, 0) is 47.6 Å². The molecule has 2 rings (SSSR count). The minimum Gasteiger partial charge on any atom is -0.490 e. The van der Waals surface area contributed by atoms with Crippen LogP contribution in [0.2, 0.25) is 0 Å². The molecule has 36 heavy (non-hydrogen) atoms. The van der Waals surface area contributed by atoms with Crippen molar-refractivity contribution >= 4 is 23.8 Å². The van der Waals surface area contributed by atoms with Crippen LogP contribution in [0.5, 0.6) is 5.75 Å². The number of alkyl carbamates (subject to hydrolysis) is 1. The quantitative estimate of drug-likeness (QED) is 0.123. The van der Waals surface area contributed by atoms with Crippen molar-refractivity contribution in [3.8, 4) is 5.75 Å². The smallest absolute Gasteiger partial charge is 0.407 e. The van der Waals surface area contributed by atoms with Gasteiger partial charge in [0, 0.05) is 18.2 Å². The van der Waals surface area contributed by atoms with E-state index < -0.39 is 18.2 Å². The van der Waals surface area contributed by atoms with Crippen molar-refractivity contribution in [3.63, 3.8) is 0 Å². The van der Waals surface area contributed by atoms with E-state index in [1.54, 1.807) is 11.8 Å². The van der Waals surface area contributed by atoms with Crippen molar-refractivity contribution in [1.82, 2.24) is 5.32 Å². The Morgan fingerprint density at radius 2 is 1.78 bits per heavy atom. The molecule has 0 aromatic heterocycles. The van der Waals surface area contributed by atoms with E-state index in [4.69, 9.17) is 14.2 Å². The number of rotatable bonds is 15. The number of hydrogen-bond donors (Lipinski definition) is 1. The van der Waals surface area contributed by atoms with Crippen LogP contribution in [0, 0.1) is 11.8 Å². The maximum Gasteiger partial charge on any atom is 0.407 e. The van der Waals surface area contributed by atoms with Crippen molar-refractivity contribution in [2.45, 2.75) is 51.0 Å². The monoisotopic (exact) mass is 515 g/mol. The zero-order chi connectivity index (χ0) is 26.3. The summed E-state index contributed by atoms with van der Waals surface area (Å²) in [6, 6.07) is 18.2. The lowest BCUT2D eigenvalue weighted by Gasteiger charge is -2.27. The van der Waals surface area contributed by atoms with E-state index in [-0.39, 0.29) is 21.2 Å². The number of ether oxygens (including phenoxy) is 3. The normalized spacial score (nSPS) is 13.4. The molecule has 0 aliphatic heterocycles. The minimum absolute atomic E-state index is 0. The Bertz CT molecular complexity index is 939. The Hall–Kier alpha value is -2.93. The van der Waals surface area contributed by atoms with Crippen molar-refractivity contribution < 1.29 is 25.2 Å². The Balaban J connectivity index is 0.00000684. The molecule has 7 heteroatoms. The largest absolute Gasteiger partial charge is 0.490 e. The molecule has 0 spiro atoms. The molecule has 3 unspecified atom stereocenters. The molecular formula is C29H41NO5S. The van der Waals surface area contributed by atoms with E-state index in [1.165, 1.54) is 5.56 Å². The van der Waals surface area contributed by atoms with Crippen LogP contribution >= 0.6 is 11.8 Å². The van der Waals surface area contributed by atoms with Crippen molar-refractivity contribution in [1.29, 1.82) is 0 Å². The van der Waals surface area contributed by atoms with Gasteiger partial charge in [-0.2, -0.15) is 0 Å². The number of esters is 1. The third-order valence-electron chi connectivity index (χ3n) is 5.91. The van der Waals surface area contributed by atoms with E-state index in [2.05, 4.69) is 51.7 Å². The minimum atomic E-state index is -0.587. The standard InChI is InChI=1S/C29H39NO5S.H2/c1-6-22(5)28(21(3)4)23-13-15-24(16-14-23)34-19-25(20-36-26-11-9-8-10-12-26)35-29(32)30-17-18-33-27(31)7-2;/h7-16,21-22,25,28H,2,6,17-20H2,1,3-5H3,(H,30,32);1H. The lowest BCUT2D eigenvalue weighted by Crippen LogP contribution is -2.35. The molecule has 0 heterocycles. The van der Waals surface area contributed by atoms with Crippen LogP contribution in [0.3, 0.4) is 0 Å². The van der Waals surface area contributed by atoms with Gasteiger partial charge >= 0.3 is 12.1 Å². The fourth-order valence-corrected chi connectivity index (χ4v) is 4.87. The second kappa shape index (κ2) is 15.9. The number of benzene rings is 2. The number of carbonyl (C=O) groups is 2. The summed E-state index contributed by atoms with van der Waals surface area (Å²) in [5, 5.41) is 2.60. The Labute approximate surface area is 221 Å². The Kier molecular flexibility index (Phi) is 13.0. The average molecular weight is 516 g/mol. The first-order chi connectivity index (χ1) is 17.3. The van der Waals surface area contributed by atoms with E-state index in [0.717, 1.165) is 23.1 Å². The molecule has 198 valence electrons. The summed E-state index contributed by atoms with van der Waals surface area (Å²) >= 11 is 1.59. The topological polar surface area (TPSA) is 73.9 Å². The maximum absolute atomic E-state index is 12.3. The van der Waals surface area contributed by atoms with Crippen molar-refractivity contribution in [2.24, 2.45) is 11.8 Å². The summed E-state index contributed by atoms with van der Waals surface area (Å²) in [6.07, 6.45) is 1.15. The summed E-state index contributed by atoms with van der Waals surface area (Å²) < 4.78 is 16.5. The second-order valence-electron chi connectivity index (χ2n) is 8.99. The van der Waals surface area contributed by atoms with Crippen LogP contribution < -0.4 is 10.1 Å². The molecule has 0 bridgehead atoms. The maximum atomic E-state index is 12.3. The second-order valence-corrected chi connectivity index (χ2v) is 10.1. The van der Waals surface area contributed by atoms with Gasteiger partial charge in [0.2, 0.25) is 0 Å². The summed E-state index contributed by atoms with van der Waals surface area (Å²) in [6.45, 7) is 12.8. The third-order valence-corrected chi connectivity index (χ3v) is 7.06. The van der Waals surface area contributed by atoms with Gasteiger partial charge in [-0.1, -0.05) is 71.0 Å². The molecule has 0 aliphatic carbocycles. The number of amides is 1. The van der Waals surface area contributed by atoms with E-state index >= 15 is 0 Å². The van der Waals surface area contributed by atoms with E-state index in [9.17, 15) is 9.59 Å². The highest BCUT2D eigenvalue weighted by Gasteiger charge is 2.22. The van der Waals surface area contributed by atoms with Gasteiger partial charge in [-0.25, -0.2) is 9.59 Å². The van der Waals surface area contributed by atoms with Crippen LogP contribution in [-0.2, 0) is 14.3 Å². The van der Waals surface area contributed by atoms with Crippen LogP contribution in [0.15, 0.2) is 72.1 Å². The molecule has 0 radical (unpaired) electrons. The molecule has 1 N–H and O–H groups in total. The van der Waals surface area contributed by atoms with Crippen LogP contribution in [0.4, 0.5) is 4.79 Å². The Morgan fingerprint density at radius 1 is 1.08 bits per heavy atom.